The highest BCUT2D eigenvalue weighted by molar-refractivity contribution is 5.76. The Morgan fingerprint density at radius 1 is 1.24 bits per heavy atom. The van der Waals surface area contributed by atoms with Crippen LogP contribution >= 0.6 is 0 Å². The normalized spacial score (nSPS) is 18.6. The maximum absolute atomic E-state index is 11.8. The molecule has 1 fully saturated rings. The van der Waals surface area contributed by atoms with Crippen LogP contribution in [0, 0.1) is 5.92 Å². The molecule has 96 valence electrons. The maximum Gasteiger partial charge on any atom is 0.220 e. The Hall–Kier alpha value is -1.05. The third kappa shape index (κ3) is 5.71. The molecule has 0 spiro atoms. The lowest BCUT2D eigenvalue weighted by Gasteiger charge is -2.20. The molecule has 1 amide bonds. The SMILES string of the molecule is C/C=C\C(=C/C)CNC(=O)CC1CCCCC1. The molecule has 1 N–H and O–H groups in total. The van der Waals surface area contributed by atoms with Gasteiger partial charge in [-0.25, -0.2) is 0 Å². The van der Waals surface area contributed by atoms with Gasteiger partial charge in [0.2, 0.25) is 5.91 Å². The molecular weight excluding hydrogens is 210 g/mol. The third-order valence-electron chi connectivity index (χ3n) is 3.44. The Labute approximate surface area is 105 Å². The standard InChI is InChI=1S/C15H25NO/c1-3-8-13(4-2)12-16-15(17)11-14-9-6-5-7-10-14/h3-4,8,14H,5-7,9-12H2,1-2H3,(H,16,17)/b8-3-,13-4+. The molecule has 0 aromatic carbocycles. The maximum atomic E-state index is 11.8. The second-order valence-electron chi connectivity index (χ2n) is 4.85. The molecule has 0 saturated heterocycles. The van der Waals surface area contributed by atoms with E-state index in [-0.39, 0.29) is 5.91 Å². The number of rotatable bonds is 5. The number of nitrogens with one attached hydrogen (secondary N) is 1. The van der Waals surface area contributed by atoms with Crippen LogP contribution in [-0.2, 0) is 4.79 Å². The van der Waals surface area contributed by atoms with Crippen LogP contribution in [0.1, 0.15) is 52.4 Å². The quantitative estimate of drug-likeness (QED) is 0.725. The molecule has 1 aliphatic carbocycles. The highest BCUT2D eigenvalue weighted by Gasteiger charge is 2.16. The number of hydrogen-bond acceptors (Lipinski definition) is 1. The molecule has 17 heavy (non-hydrogen) atoms. The van der Waals surface area contributed by atoms with Crippen molar-refractivity contribution in [2.24, 2.45) is 5.92 Å². The summed E-state index contributed by atoms with van der Waals surface area (Å²) in [7, 11) is 0. The first-order valence-electron chi connectivity index (χ1n) is 6.80. The lowest BCUT2D eigenvalue weighted by atomic mass is 9.87. The predicted octanol–water partition coefficient (Wildman–Crippen LogP) is 3.60. The summed E-state index contributed by atoms with van der Waals surface area (Å²) in [4.78, 5) is 11.8. The lowest BCUT2D eigenvalue weighted by molar-refractivity contribution is -0.122. The van der Waals surface area contributed by atoms with Crippen molar-refractivity contribution in [3.8, 4) is 0 Å². The summed E-state index contributed by atoms with van der Waals surface area (Å²) in [5, 5.41) is 3.01. The van der Waals surface area contributed by atoms with E-state index in [1.807, 2.05) is 32.1 Å². The van der Waals surface area contributed by atoms with Gasteiger partial charge < -0.3 is 5.32 Å². The summed E-state index contributed by atoms with van der Waals surface area (Å²) < 4.78 is 0. The second-order valence-corrected chi connectivity index (χ2v) is 4.85. The average molecular weight is 235 g/mol. The summed E-state index contributed by atoms with van der Waals surface area (Å²) in [6.07, 6.45) is 13.2. The Morgan fingerprint density at radius 2 is 1.94 bits per heavy atom. The van der Waals surface area contributed by atoms with Gasteiger partial charge >= 0.3 is 0 Å². The number of hydrogen-bond donors (Lipinski definition) is 1. The minimum Gasteiger partial charge on any atom is -0.352 e. The first-order chi connectivity index (χ1) is 8.26. The van der Waals surface area contributed by atoms with Gasteiger partial charge in [-0.05, 0) is 38.2 Å². The smallest absolute Gasteiger partial charge is 0.220 e. The van der Waals surface area contributed by atoms with Crippen molar-refractivity contribution < 1.29 is 4.79 Å². The van der Waals surface area contributed by atoms with Gasteiger partial charge in [0.1, 0.15) is 0 Å². The molecule has 0 bridgehead atoms. The van der Waals surface area contributed by atoms with Crippen LogP contribution in [0.4, 0.5) is 0 Å². The van der Waals surface area contributed by atoms with Gasteiger partial charge in [0.05, 0.1) is 0 Å². The van der Waals surface area contributed by atoms with E-state index in [2.05, 4.69) is 5.32 Å². The summed E-state index contributed by atoms with van der Waals surface area (Å²) in [5.74, 6) is 0.834. The summed E-state index contributed by atoms with van der Waals surface area (Å²) in [6.45, 7) is 4.66. The Balaban J connectivity index is 2.24. The van der Waals surface area contributed by atoms with Crippen LogP contribution in [0.3, 0.4) is 0 Å². The van der Waals surface area contributed by atoms with E-state index in [0.29, 0.717) is 18.9 Å². The molecule has 0 heterocycles. The Morgan fingerprint density at radius 3 is 2.53 bits per heavy atom. The van der Waals surface area contributed by atoms with E-state index in [9.17, 15) is 4.79 Å². The number of amides is 1. The molecule has 0 radical (unpaired) electrons. The van der Waals surface area contributed by atoms with Crippen molar-refractivity contribution >= 4 is 5.91 Å². The van der Waals surface area contributed by atoms with Gasteiger partial charge in [0.15, 0.2) is 0 Å². The van der Waals surface area contributed by atoms with Gasteiger partial charge in [-0.1, -0.05) is 37.5 Å². The van der Waals surface area contributed by atoms with Gasteiger partial charge in [-0.3, -0.25) is 4.79 Å². The molecule has 2 heteroatoms. The van der Waals surface area contributed by atoms with Crippen molar-refractivity contribution in [3.63, 3.8) is 0 Å². The Bertz CT molecular complexity index is 285. The molecule has 0 aliphatic heterocycles. The topological polar surface area (TPSA) is 29.1 Å². The molecule has 0 aromatic heterocycles. The molecule has 0 atom stereocenters. The van der Waals surface area contributed by atoms with Crippen molar-refractivity contribution in [1.29, 1.82) is 0 Å². The van der Waals surface area contributed by atoms with Gasteiger partial charge in [-0.2, -0.15) is 0 Å². The van der Waals surface area contributed by atoms with Gasteiger partial charge in [0, 0.05) is 13.0 Å². The molecule has 1 saturated carbocycles. The molecule has 2 nitrogen and oxygen atoms in total. The molecule has 0 aromatic rings. The fourth-order valence-corrected chi connectivity index (χ4v) is 2.40. The number of carbonyl (C=O) groups excluding carboxylic acids is 1. The van der Waals surface area contributed by atoms with E-state index in [1.165, 1.54) is 37.7 Å². The van der Waals surface area contributed by atoms with Crippen molar-refractivity contribution in [2.75, 3.05) is 6.54 Å². The van der Waals surface area contributed by atoms with Crippen LogP contribution in [0.2, 0.25) is 0 Å². The van der Waals surface area contributed by atoms with Crippen LogP contribution in [0.15, 0.2) is 23.8 Å². The molecular formula is C15H25NO. The van der Waals surface area contributed by atoms with Crippen molar-refractivity contribution in [1.82, 2.24) is 5.32 Å². The highest BCUT2D eigenvalue weighted by atomic mass is 16.1. The largest absolute Gasteiger partial charge is 0.352 e. The minimum absolute atomic E-state index is 0.209. The van der Waals surface area contributed by atoms with Crippen LogP contribution < -0.4 is 5.32 Å². The summed E-state index contributed by atoms with van der Waals surface area (Å²) in [6, 6.07) is 0. The zero-order chi connectivity index (χ0) is 12.5. The van der Waals surface area contributed by atoms with Crippen LogP contribution in [-0.4, -0.2) is 12.5 Å². The van der Waals surface area contributed by atoms with Crippen LogP contribution in [0.25, 0.3) is 0 Å². The monoisotopic (exact) mass is 235 g/mol. The zero-order valence-corrected chi connectivity index (χ0v) is 11.2. The van der Waals surface area contributed by atoms with Crippen molar-refractivity contribution in [2.45, 2.75) is 52.4 Å². The van der Waals surface area contributed by atoms with E-state index >= 15 is 0 Å². The third-order valence-corrected chi connectivity index (χ3v) is 3.44. The van der Waals surface area contributed by atoms with Gasteiger partial charge in [-0.15, -0.1) is 0 Å². The molecule has 0 unspecified atom stereocenters. The fraction of sp³-hybridized carbons (Fsp3) is 0.667. The van der Waals surface area contributed by atoms with E-state index < -0.39 is 0 Å². The lowest BCUT2D eigenvalue weighted by Crippen LogP contribution is -2.27. The Kier molecular flexibility index (Phi) is 6.68. The second kappa shape index (κ2) is 8.10. The molecule has 1 aliphatic rings. The first-order valence-corrected chi connectivity index (χ1v) is 6.80. The first kappa shape index (κ1) is 14.0. The van der Waals surface area contributed by atoms with E-state index in [4.69, 9.17) is 0 Å². The fourth-order valence-electron chi connectivity index (χ4n) is 2.40. The summed E-state index contributed by atoms with van der Waals surface area (Å²) >= 11 is 0. The zero-order valence-electron chi connectivity index (χ0n) is 11.2. The van der Waals surface area contributed by atoms with E-state index in [1.54, 1.807) is 0 Å². The number of carbonyl (C=O) groups is 1. The van der Waals surface area contributed by atoms with E-state index in [0.717, 1.165) is 0 Å². The predicted molar refractivity (Wildman–Crippen MR) is 72.8 cm³/mol. The summed E-state index contributed by atoms with van der Waals surface area (Å²) in [5.41, 5.74) is 1.17. The van der Waals surface area contributed by atoms with Crippen LogP contribution in [0.5, 0.6) is 0 Å². The van der Waals surface area contributed by atoms with Crippen molar-refractivity contribution in [3.05, 3.63) is 23.8 Å². The average Bonchev–Trinajstić information content (AvgIpc) is 2.35. The highest BCUT2D eigenvalue weighted by Crippen LogP contribution is 2.25. The number of allylic oxidation sites excluding steroid dienone is 2. The molecule has 1 rings (SSSR count). The minimum atomic E-state index is 0.209. The van der Waals surface area contributed by atoms with Gasteiger partial charge in [0.25, 0.3) is 0 Å².